The number of carbonyl (C=O) groups is 1. The molecular weight excluding hydrogens is 284 g/mol. The summed E-state index contributed by atoms with van der Waals surface area (Å²) in [5, 5.41) is 0.644. The van der Waals surface area contributed by atoms with Crippen LogP contribution in [0.3, 0.4) is 0 Å². The Kier molecular flexibility index (Phi) is 3.38. The molecule has 0 fully saturated rings. The van der Waals surface area contributed by atoms with Crippen molar-refractivity contribution in [3.63, 3.8) is 0 Å². The highest BCUT2D eigenvalue weighted by Crippen LogP contribution is 2.33. The molecule has 0 atom stereocenters. The van der Waals surface area contributed by atoms with Gasteiger partial charge in [-0.15, -0.1) is 0 Å². The van der Waals surface area contributed by atoms with Gasteiger partial charge in [0.2, 0.25) is 0 Å². The fourth-order valence-electron chi connectivity index (χ4n) is 2.80. The summed E-state index contributed by atoms with van der Waals surface area (Å²) in [6, 6.07) is 9.33. The third-order valence-electron chi connectivity index (χ3n) is 4.03. The first-order valence-electron chi connectivity index (χ1n) is 6.94. The first kappa shape index (κ1) is 14.0. The van der Waals surface area contributed by atoms with Gasteiger partial charge in [-0.05, 0) is 61.2 Å². The molecule has 0 bridgehead atoms. The number of nitrogens with zero attached hydrogens (tertiary/aromatic N) is 1. The van der Waals surface area contributed by atoms with Gasteiger partial charge in [-0.3, -0.25) is 4.79 Å². The van der Waals surface area contributed by atoms with E-state index in [1.54, 1.807) is 17.0 Å². The van der Waals surface area contributed by atoms with Crippen molar-refractivity contribution >= 4 is 28.9 Å². The minimum absolute atomic E-state index is 0.00571. The van der Waals surface area contributed by atoms with Crippen LogP contribution < -0.4 is 10.6 Å². The zero-order valence-electron chi connectivity index (χ0n) is 12.1. The standard InChI is InChI=1S/C17H17ClN2O/c1-10-8-13(18)3-4-14(10)17(21)20-6-5-12-7-11(2)15(19)9-16(12)20/h3-4,7-9H,5-6,19H2,1-2H3. The predicted molar refractivity (Wildman–Crippen MR) is 87.2 cm³/mol. The molecule has 4 heteroatoms. The zero-order chi connectivity index (χ0) is 15.1. The van der Waals surface area contributed by atoms with Crippen LogP contribution in [0.5, 0.6) is 0 Å². The number of hydrogen-bond donors (Lipinski definition) is 1. The molecule has 2 aromatic carbocycles. The van der Waals surface area contributed by atoms with Crippen molar-refractivity contribution in [1.82, 2.24) is 0 Å². The van der Waals surface area contributed by atoms with Crippen LogP contribution in [0.25, 0.3) is 0 Å². The summed E-state index contributed by atoms with van der Waals surface area (Å²) in [6.07, 6.45) is 0.870. The van der Waals surface area contributed by atoms with Gasteiger partial charge in [-0.25, -0.2) is 0 Å². The molecule has 1 heterocycles. The SMILES string of the molecule is Cc1cc2c(cc1N)N(C(=O)c1ccc(Cl)cc1C)CC2. The molecule has 21 heavy (non-hydrogen) atoms. The number of amides is 1. The van der Waals surface area contributed by atoms with Crippen molar-refractivity contribution in [3.05, 3.63) is 57.6 Å². The van der Waals surface area contributed by atoms with Crippen LogP contribution in [0, 0.1) is 13.8 Å². The maximum absolute atomic E-state index is 12.8. The Morgan fingerprint density at radius 3 is 2.67 bits per heavy atom. The molecule has 3 rings (SSSR count). The molecule has 0 saturated heterocycles. The largest absolute Gasteiger partial charge is 0.398 e. The number of benzene rings is 2. The van der Waals surface area contributed by atoms with Crippen LogP contribution in [-0.4, -0.2) is 12.5 Å². The second kappa shape index (κ2) is 5.08. The van der Waals surface area contributed by atoms with E-state index in [2.05, 4.69) is 6.07 Å². The number of anilines is 2. The molecule has 3 nitrogen and oxygen atoms in total. The normalized spacial score (nSPS) is 13.4. The molecule has 0 aromatic heterocycles. The lowest BCUT2D eigenvalue weighted by molar-refractivity contribution is 0.0989. The fourth-order valence-corrected chi connectivity index (χ4v) is 3.03. The Bertz CT molecular complexity index is 740. The summed E-state index contributed by atoms with van der Waals surface area (Å²) in [4.78, 5) is 14.6. The number of hydrogen-bond acceptors (Lipinski definition) is 2. The van der Waals surface area contributed by atoms with Gasteiger partial charge in [0.1, 0.15) is 0 Å². The monoisotopic (exact) mass is 300 g/mol. The Morgan fingerprint density at radius 1 is 1.19 bits per heavy atom. The van der Waals surface area contributed by atoms with Crippen molar-refractivity contribution in [3.8, 4) is 0 Å². The van der Waals surface area contributed by atoms with E-state index >= 15 is 0 Å². The highest BCUT2D eigenvalue weighted by atomic mass is 35.5. The molecule has 1 amide bonds. The lowest BCUT2D eigenvalue weighted by Crippen LogP contribution is -2.29. The third kappa shape index (κ3) is 2.38. The van der Waals surface area contributed by atoms with Crippen LogP contribution in [-0.2, 0) is 6.42 Å². The van der Waals surface area contributed by atoms with E-state index in [1.807, 2.05) is 26.0 Å². The minimum Gasteiger partial charge on any atom is -0.398 e. The summed E-state index contributed by atoms with van der Waals surface area (Å²) < 4.78 is 0. The summed E-state index contributed by atoms with van der Waals surface area (Å²) in [5.41, 5.74) is 11.5. The minimum atomic E-state index is 0.00571. The van der Waals surface area contributed by atoms with E-state index in [4.69, 9.17) is 17.3 Å². The summed E-state index contributed by atoms with van der Waals surface area (Å²) in [5.74, 6) is 0.00571. The summed E-state index contributed by atoms with van der Waals surface area (Å²) >= 11 is 5.96. The van der Waals surface area contributed by atoms with Gasteiger partial charge in [0, 0.05) is 28.5 Å². The fraction of sp³-hybridized carbons (Fsp3) is 0.235. The van der Waals surface area contributed by atoms with Crippen LogP contribution in [0.15, 0.2) is 30.3 Å². The van der Waals surface area contributed by atoms with E-state index in [-0.39, 0.29) is 5.91 Å². The van der Waals surface area contributed by atoms with Crippen molar-refractivity contribution in [2.24, 2.45) is 0 Å². The smallest absolute Gasteiger partial charge is 0.258 e. The second-order valence-electron chi connectivity index (χ2n) is 5.50. The number of carbonyl (C=O) groups excluding carboxylic acids is 1. The molecule has 2 N–H and O–H groups in total. The average molecular weight is 301 g/mol. The van der Waals surface area contributed by atoms with Gasteiger partial charge in [0.15, 0.2) is 0 Å². The van der Waals surface area contributed by atoms with Crippen LogP contribution in [0.1, 0.15) is 27.0 Å². The zero-order valence-corrected chi connectivity index (χ0v) is 12.9. The second-order valence-corrected chi connectivity index (χ2v) is 5.94. The summed E-state index contributed by atoms with van der Waals surface area (Å²) in [7, 11) is 0. The molecule has 1 aliphatic heterocycles. The van der Waals surface area contributed by atoms with Gasteiger partial charge in [0.25, 0.3) is 5.91 Å². The van der Waals surface area contributed by atoms with Gasteiger partial charge >= 0.3 is 0 Å². The number of nitrogens with two attached hydrogens (primary N) is 1. The highest BCUT2D eigenvalue weighted by Gasteiger charge is 2.27. The molecule has 0 spiro atoms. The number of aryl methyl sites for hydroxylation is 2. The molecule has 0 aliphatic carbocycles. The predicted octanol–water partition coefficient (Wildman–Crippen LogP) is 3.74. The van der Waals surface area contributed by atoms with Gasteiger partial charge in [-0.1, -0.05) is 17.7 Å². The molecular formula is C17H17ClN2O. The lowest BCUT2D eigenvalue weighted by atomic mass is 10.1. The van der Waals surface area contributed by atoms with Crippen LogP contribution in [0.4, 0.5) is 11.4 Å². The molecule has 0 radical (unpaired) electrons. The topological polar surface area (TPSA) is 46.3 Å². The molecule has 0 unspecified atom stereocenters. The summed E-state index contributed by atoms with van der Waals surface area (Å²) in [6.45, 7) is 4.59. The van der Waals surface area contributed by atoms with Crippen molar-refractivity contribution < 1.29 is 4.79 Å². The van der Waals surface area contributed by atoms with E-state index < -0.39 is 0 Å². The van der Waals surface area contributed by atoms with E-state index in [9.17, 15) is 4.79 Å². The lowest BCUT2D eigenvalue weighted by Gasteiger charge is -2.19. The molecule has 108 valence electrons. The van der Waals surface area contributed by atoms with Gasteiger partial charge in [0.05, 0.1) is 0 Å². The van der Waals surface area contributed by atoms with Crippen LogP contribution >= 0.6 is 11.6 Å². The molecule has 1 aliphatic rings. The Balaban J connectivity index is 2.00. The van der Waals surface area contributed by atoms with Crippen molar-refractivity contribution in [2.45, 2.75) is 20.3 Å². The maximum atomic E-state index is 12.8. The maximum Gasteiger partial charge on any atom is 0.258 e. The number of nitrogen functional groups attached to an aromatic ring is 1. The van der Waals surface area contributed by atoms with E-state index in [1.165, 1.54) is 5.56 Å². The Labute approximate surface area is 129 Å². The number of rotatable bonds is 1. The van der Waals surface area contributed by atoms with Gasteiger partial charge in [-0.2, -0.15) is 0 Å². The first-order chi connectivity index (χ1) is 9.97. The molecule has 0 saturated carbocycles. The van der Waals surface area contributed by atoms with Crippen LogP contribution in [0.2, 0.25) is 5.02 Å². The first-order valence-corrected chi connectivity index (χ1v) is 7.32. The Hall–Kier alpha value is -2.00. The quantitative estimate of drug-likeness (QED) is 0.816. The number of halogens is 1. The van der Waals surface area contributed by atoms with Crippen molar-refractivity contribution in [2.75, 3.05) is 17.2 Å². The molecule has 2 aromatic rings. The Morgan fingerprint density at radius 2 is 1.95 bits per heavy atom. The van der Waals surface area contributed by atoms with E-state index in [0.29, 0.717) is 17.1 Å². The van der Waals surface area contributed by atoms with E-state index in [0.717, 1.165) is 28.9 Å². The third-order valence-corrected chi connectivity index (χ3v) is 4.26. The average Bonchev–Trinajstić information content (AvgIpc) is 2.81. The highest BCUT2D eigenvalue weighted by molar-refractivity contribution is 6.30. The number of fused-ring (bicyclic) bond motifs is 1. The van der Waals surface area contributed by atoms with Crippen molar-refractivity contribution in [1.29, 1.82) is 0 Å². The van der Waals surface area contributed by atoms with Gasteiger partial charge < -0.3 is 10.6 Å².